The lowest BCUT2D eigenvalue weighted by Crippen LogP contribution is -2.32. The molecule has 5 heteroatoms. The normalized spacial score (nSPS) is 9.92. The molecular formula is C8H14N4O. The number of rotatable bonds is 5. The van der Waals surface area contributed by atoms with Gasteiger partial charge in [-0.15, -0.1) is 0 Å². The maximum absolute atomic E-state index is 11.2. The van der Waals surface area contributed by atoms with E-state index < -0.39 is 0 Å². The number of carbonyl (C=O) groups is 1. The highest BCUT2D eigenvalue weighted by Gasteiger charge is 2.00. The van der Waals surface area contributed by atoms with Gasteiger partial charge in [0.15, 0.2) is 0 Å². The van der Waals surface area contributed by atoms with Crippen molar-refractivity contribution in [1.29, 1.82) is 0 Å². The van der Waals surface area contributed by atoms with Crippen LogP contribution in [0.3, 0.4) is 0 Å². The Morgan fingerprint density at radius 2 is 2.38 bits per heavy atom. The van der Waals surface area contributed by atoms with Crippen molar-refractivity contribution in [3.8, 4) is 0 Å². The van der Waals surface area contributed by atoms with Crippen molar-refractivity contribution in [2.75, 3.05) is 20.1 Å². The molecule has 0 fully saturated rings. The summed E-state index contributed by atoms with van der Waals surface area (Å²) in [5.41, 5.74) is 0. The molecule has 0 aliphatic carbocycles. The Kier molecular flexibility index (Phi) is 3.98. The molecule has 0 saturated carbocycles. The van der Waals surface area contributed by atoms with E-state index in [0.29, 0.717) is 6.54 Å². The molecule has 72 valence electrons. The van der Waals surface area contributed by atoms with Gasteiger partial charge in [-0.3, -0.25) is 9.48 Å². The number of carbonyl (C=O) groups excluding carboxylic acids is 1. The van der Waals surface area contributed by atoms with E-state index >= 15 is 0 Å². The van der Waals surface area contributed by atoms with Crippen LogP contribution in [0.25, 0.3) is 0 Å². The zero-order valence-electron chi connectivity index (χ0n) is 7.66. The average molecular weight is 182 g/mol. The van der Waals surface area contributed by atoms with E-state index in [0.717, 1.165) is 6.54 Å². The van der Waals surface area contributed by atoms with Crippen LogP contribution in [0.1, 0.15) is 0 Å². The van der Waals surface area contributed by atoms with Crippen LogP contribution in [-0.4, -0.2) is 35.8 Å². The van der Waals surface area contributed by atoms with Gasteiger partial charge in [-0.25, -0.2) is 0 Å². The Labute approximate surface area is 77.1 Å². The van der Waals surface area contributed by atoms with Crippen LogP contribution < -0.4 is 10.6 Å². The highest BCUT2D eigenvalue weighted by molar-refractivity contribution is 5.75. The molecule has 1 amide bonds. The fourth-order valence-electron chi connectivity index (χ4n) is 0.924. The van der Waals surface area contributed by atoms with E-state index in [1.54, 1.807) is 23.1 Å². The van der Waals surface area contributed by atoms with E-state index in [-0.39, 0.29) is 12.5 Å². The zero-order chi connectivity index (χ0) is 9.52. The van der Waals surface area contributed by atoms with E-state index in [1.807, 2.05) is 7.05 Å². The molecule has 0 aliphatic heterocycles. The molecule has 0 atom stereocenters. The lowest BCUT2D eigenvalue weighted by Gasteiger charge is -2.04. The van der Waals surface area contributed by atoms with Crippen molar-refractivity contribution < 1.29 is 4.79 Å². The molecular weight excluding hydrogens is 168 g/mol. The number of likely N-dealkylation sites (N-methyl/N-ethyl adjacent to an activating group) is 1. The molecule has 2 N–H and O–H groups in total. The van der Waals surface area contributed by atoms with Gasteiger partial charge in [-0.1, -0.05) is 0 Å². The van der Waals surface area contributed by atoms with Crippen LogP contribution in [0.15, 0.2) is 18.5 Å². The van der Waals surface area contributed by atoms with Gasteiger partial charge in [0.25, 0.3) is 0 Å². The van der Waals surface area contributed by atoms with Crippen LogP contribution in [0, 0.1) is 0 Å². The first-order chi connectivity index (χ1) is 6.33. The minimum Gasteiger partial charge on any atom is -0.353 e. The molecule has 5 nitrogen and oxygen atoms in total. The van der Waals surface area contributed by atoms with Crippen molar-refractivity contribution in [3.05, 3.63) is 18.5 Å². The molecule has 1 heterocycles. The number of nitrogens with one attached hydrogen (secondary N) is 2. The highest BCUT2D eigenvalue weighted by atomic mass is 16.2. The molecule has 0 aromatic carbocycles. The van der Waals surface area contributed by atoms with E-state index in [9.17, 15) is 4.79 Å². The molecule has 0 saturated heterocycles. The lowest BCUT2D eigenvalue weighted by molar-refractivity contribution is -0.121. The summed E-state index contributed by atoms with van der Waals surface area (Å²) in [5, 5.41) is 9.63. The van der Waals surface area contributed by atoms with Crippen LogP contribution in [0.2, 0.25) is 0 Å². The number of hydrogen-bond acceptors (Lipinski definition) is 3. The Balaban J connectivity index is 2.18. The lowest BCUT2D eigenvalue weighted by atomic mass is 10.5. The van der Waals surface area contributed by atoms with Crippen molar-refractivity contribution in [2.24, 2.45) is 0 Å². The molecule has 0 aliphatic rings. The topological polar surface area (TPSA) is 58.9 Å². The molecule has 0 spiro atoms. The van der Waals surface area contributed by atoms with Gasteiger partial charge >= 0.3 is 0 Å². The van der Waals surface area contributed by atoms with Gasteiger partial charge < -0.3 is 10.6 Å². The van der Waals surface area contributed by atoms with Gasteiger partial charge in [0, 0.05) is 25.5 Å². The van der Waals surface area contributed by atoms with Crippen LogP contribution >= 0.6 is 0 Å². The van der Waals surface area contributed by atoms with Gasteiger partial charge in [0.2, 0.25) is 5.91 Å². The summed E-state index contributed by atoms with van der Waals surface area (Å²) in [5.74, 6) is -0.0149. The summed E-state index contributed by atoms with van der Waals surface area (Å²) >= 11 is 0. The molecule has 0 unspecified atom stereocenters. The van der Waals surface area contributed by atoms with Crippen LogP contribution in [0.5, 0.6) is 0 Å². The smallest absolute Gasteiger partial charge is 0.241 e. The molecule has 0 bridgehead atoms. The van der Waals surface area contributed by atoms with Crippen LogP contribution in [-0.2, 0) is 11.3 Å². The first-order valence-electron chi connectivity index (χ1n) is 4.21. The molecule has 0 radical (unpaired) electrons. The van der Waals surface area contributed by atoms with E-state index in [4.69, 9.17) is 0 Å². The average Bonchev–Trinajstić information content (AvgIpc) is 2.57. The molecule has 1 aromatic rings. The Morgan fingerprint density at radius 1 is 1.54 bits per heavy atom. The van der Waals surface area contributed by atoms with Crippen LogP contribution in [0.4, 0.5) is 0 Å². The predicted octanol–water partition coefficient (Wildman–Crippen LogP) is -0.781. The van der Waals surface area contributed by atoms with Crippen molar-refractivity contribution >= 4 is 5.91 Å². The fraction of sp³-hybridized carbons (Fsp3) is 0.500. The van der Waals surface area contributed by atoms with Crippen molar-refractivity contribution in [3.63, 3.8) is 0 Å². The number of hydrogen-bond donors (Lipinski definition) is 2. The van der Waals surface area contributed by atoms with Crippen molar-refractivity contribution in [1.82, 2.24) is 20.4 Å². The second-order valence-electron chi connectivity index (χ2n) is 2.66. The summed E-state index contributed by atoms with van der Waals surface area (Å²) in [6, 6.07) is 1.79. The standard InChI is InChI=1S/C8H14N4O/c1-9-4-5-10-8(13)7-12-6-2-3-11-12/h2-3,6,9H,4-5,7H2,1H3,(H,10,13). The van der Waals surface area contributed by atoms with Crippen molar-refractivity contribution in [2.45, 2.75) is 6.54 Å². The van der Waals surface area contributed by atoms with E-state index in [1.165, 1.54) is 0 Å². The third-order valence-corrected chi connectivity index (χ3v) is 1.56. The largest absolute Gasteiger partial charge is 0.353 e. The van der Waals surface area contributed by atoms with Gasteiger partial charge in [0.05, 0.1) is 0 Å². The zero-order valence-corrected chi connectivity index (χ0v) is 7.66. The molecule has 13 heavy (non-hydrogen) atoms. The number of amides is 1. The third-order valence-electron chi connectivity index (χ3n) is 1.56. The van der Waals surface area contributed by atoms with Gasteiger partial charge in [-0.05, 0) is 13.1 Å². The summed E-state index contributed by atoms with van der Waals surface area (Å²) in [4.78, 5) is 11.2. The third kappa shape index (κ3) is 3.71. The quantitative estimate of drug-likeness (QED) is 0.587. The highest BCUT2D eigenvalue weighted by Crippen LogP contribution is 1.83. The first kappa shape index (κ1) is 9.73. The second-order valence-corrected chi connectivity index (χ2v) is 2.66. The summed E-state index contributed by atoms with van der Waals surface area (Å²) in [6.45, 7) is 1.72. The number of aromatic nitrogens is 2. The maximum atomic E-state index is 11.2. The predicted molar refractivity (Wildman–Crippen MR) is 49.2 cm³/mol. The molecule has 1 aromatic heterocycles. The summed E-state index contributed by atoms with van der Waals surface area (Å²) < 4.78 is 1.59. The monoisotopic (exact) mass is 182 g/mol. The summed E-state index contributed by atoms with van der Waals surface area (Å²) in [7, 11) is 1.85. The number of nitrogens with zero attached hydrogens (tertiary/aromatic N) is 2. The fourth-order valence-corrected chi connectivity index (χ4v) is 0.924. The van der Waals surface area contributed by atoms with Gasteiger partial charge in [0.1, 0.15) is 6.54 Å². The minimum absolute atomic E-state index is 0.0149. The Morgan fingerprint density at radius 3 is 3.00 bits per heavy atom. The Hall–Kier alpha value is -1.36. The first-order valence-corrected chi connectivity index (χ1v) is 4.21. The molecule has 1 rings (SSSR count). The van der Waals surface area contributed by atoms with Gasteiger partial charge in [-0.2, -0.15) is 5.10 Å². The maximum Gasteiger partial charge on any atom is 0.241 e. The van der Waals surface area contributed by atoms with E-state index in [2.05, 4.69) is 15.7 Å². The minimum atomic E-state index is -0.0149. The SMILES string of the molecule is CNCCNC(=O)Cn1cccn1. The Bertz CT molecular complexity index is 245. The second kappa shape index (κ2) is 5.31. The summed E-state index contributed by atoms with van der Waals surface area (Å²) in [6.07, 6.45) is 3.42.